The number of carboxylic acids is 1. The van der Waals surface area contributed by atoms with Gasteiger partial charge in [-0.05, 0) is 73.2 Å². The van der Waals surface area contributed by atoms with Crippen molar-refractivity contribution in [3.05, 3.63) is 77.9 Å². The van der Waals surface area contributed by atoms with Crippen molar-refractivity contribution in [2.24, 2.45) is 20.5 Å². The zero-order valence-electron chi connectivity index (χ0n) is 15.7. The lowest BCUT2D eigenvalue weighted by molar-refractivity contribution is 0.0697. The van der Waals surface area contributed by atoms with Gasteiger partial charge in [-0.3, -0.25) is 4.55 Å². The van der Waals surface area contributed by atoms with Gasteiger partial charge in [-0.2, -0.15) is 28.9 Å². The number of hydrogen-bond donors (Lipinski definition) is 2. The second kappa shape index (κ2) is 8.72. The second-order valence-corrected chi connectivity index (χ2v) is 7.58. The van der Waals surface area contributed by atoms with Gasteiger partial charge < -0.3 is 5.11 Å². The molecule has 0 aliphatic heterocycles. The van der Waals surface area contributed by atoms with E-state index in [0.29, 0.717) is 22.6 Å². The smallest absolute Gasteiger partial charge is 0.335 e. The fourth-order valence-electron chi connectivity index (χ4n) is 2.42. The minimum atomic E-state index is -4.33. The first-order valence-electron chi connectivity index (χ1n) is 8.57. The number of benzene rings is 3. The molecule has 10 heteroatoms. The molecule has 0 aliphatic carbocycles. The predicted octanol–water partition coefficient (Wildman–Crippen LogP) is 5.77. The van der Waals surface area contributed by atoms with Gasteiger partial charge in [-0.25, -0.2) is 4.79 Å². The molecule has 3 rings (SSSR count). The molecule has 0 aliphatic rings. The van der Waals surface area contributed by atoms with Crippen LogP contribution >= 0.6 is 0 Å². The van der Waals surface area contributed by atoms with E-state index in [1.165, 1.54) is 24.3 Å². The van der Waals surface area contributed by atoms with Crippen molar-refractivity contribution in [2.75, 3.05) is 0 Å². The topological polar surface area (TPSA) is 141 Å². The maximum Gasteiger partial charge on any atom is 0.335 e. The van der Waals surface area contributed by atoms with Crippen molar-refractivity contribution in [3.8, 4) is 0 Å². The lowest BCUT2D eigenvalue weighted by atomic mass is 10.2. The van der Waals surface area contributed by atoms with Crippen LogP contribution in [0.3, 0.4) is 0 Å². The first-order valence-corrected chi connectivity index (χ1v) is 10.0. The van der Waals surface area contributed by atoms with Gasteiger partial charge in [0.15, 0.2) is 0 Å². The number of nitrogens with zero attached hydrogens (tertiary/aromatic N) is 4. The first-order chi connectivity index (χ1) is 14.2. The molecule has 3 aromatic rings. The van der Waals surface area contributed by atoms with E-state index in [1.54, 1.807) is 49.4 Å². The summed E-state index contributed by atoms with van der Waals surface area (Å²) in [5.41, 5.74) is 2.43. The predicted molar refractivity (Wildman–Crippen MR) is 109 cm³/mol. The number of carbonyl (C=O) groups is 1. The third kappa shape index (κ3) is 5.40. The summed E-state index contributed by atoms with van der Waals surface area (Å²) in [6, 6.07) is 17.0. The molecule has 0 bridgehead atoms. The maximum absolute atomic E-state index is 11.4. The molecule has 0 aromatic heterocycles. The van der Waals surface area contributed by atoms with E-state index < -0.39 is 16.1 Å². The Kier molecular flexibility index (Phi) is 6.09. The van der Waals surface area contributed by atoms with Gasteiger partial charge in [-0.15, -0.1) is 0 Å². The van der Waals surface area contributed by atoms with Crippen molar-refractivity contribution in [1.82, 2.24) is 0 Å². The van der Waals surface area contributed by atoms with Crippen molar-refractivity contribution in [1.29, 1.82) is 0 Å². The maximum atomic E-state index is 11.4. The van der Waals surface area contributed by atoms with Gasteiger partial charge in [0.1, 0.15) is 0 Å². The van der Waals surface area contributed by atoms with E-state index in [0.717, 1.165) is 0 Å². The van der Waals surface area contributed by atoms with Crippen molar-refractivity contribution < 1.29 is 22.9 Å². The SMILES string of the molecule is Cc1ccc(N=Nc2ccc(N=Nc3ccc(C(=O)O)cc3)cc2)cc1S(=O)(=O)O. The highest BCUT2D eigenvalue weighted by atomic mass is 32.2. The fourth-order valence-corrected chi connectivity index (χ4v) is 3.16. The summed E-state index contributed by atoms with van der Waals surface area (Å²) >= 11 is 0. The highest BCUT2D eigenvalue weighted by Crippen LogP contribution is 2.26. The average Bonchev–Trinajstić information content (AvgIpc) is 2.72. The number of aromatic carboxylic acids is 1. The molecule has 0 heterocycles. The molecule has 0 fully saturated rings. The standard InChI is InChI=1S/C20H16N4O5S/c1-13-2-5-18(12-19(13)30(27,28)29)24-23-17-10-8-16(9-11-17)22-21-15-6-3-14(4-7-15)20(25)26/h2-12H,1H3,(H,25,26)(H,27,28,29). The van der Waals surface area contributed by atoms with Crippen molar-refractivity contribution >= 4 is 38.8 Å². The zero-order chi connectivity index (χ0) is 21.7. The molecule has 0 saturated heterocycles. The Morgan fingerprint density at radius 3 is 1.57 bits per heavy atom. The molecule has 152 valence electrons. The third-order valence-corrected chi connectivity index (χ3v) is 4.97. The molecular weight excluding hydrogens is 408 g/mol. The van der Waals surface area contributed by atoms with Crippen LogP contribution in [0.4, 0.5) is 22.7 Å². The van der Waals surface area contributed by atoms with E-state index in [9.17, 15) is 17.8 Å². The largest absolute Gasteiger partial charge is 0.478 e. The Bertz CT molecular complexity index is 1240. The lowest BCUT2D eigenvalue weighted by Gasteiger charge is -2.02. The third-order valence-electron chi connectivity index (χ3n) is 3.98. The lowest BCUT2D eigenvalue weighted by Crippen LogP contribution is -2.00. The monoisotopic (exact) mass is 424 g/mol. The summed E-state index contributed by atoms with van der Waals surface area (Å²) in [7, 11) is -4.33. The van der Waals surface area contributed by atoms with Crippen LogP contribution in [0.25, 0.3) is 0 Å². The fraction of sp³-hybridized carbons (Fsp3) is 0.0500. The molecule has 0 saturated carbocycles. The first kappa shape index (κ1) is 21.0. The van der Waals surface area contributed by atoms with E-state index >= 15 is 0 Å². The summed E-state index contributed by atoms with van der Waals surface area (Å²) in [6.45, 7) is 1.57. The summed E-state index contributed by atoms with van der Waals surface area (Å²) < 4.78 is 32.0. The van der Waals surface area contributed by atoms with E-state index in [2.05, 4.69) is 20.5 Å². The Labute approximate surface area is 172 Å². The van der Waals surface area contributed by atoms with Crippen LogP contribution in [0.2, 0.25) is 0 Å². The van der Waals surface area contributed by atoms with E-state index in [-0.39, 0.29) is 16.1 Å². The molecule has 9 nitrogen and oxygen atoms in total. The van der Waals surface area contributed by atoms with Gasteiger partial charge in [0.25, 0.3) is 10.1 Å². The quantitative estimate of drug-likeness (QED) is 0.381. The van der Waals surface area contributed by atoms with Crippen LogP contribution in [0, 0.1) is 6.92 Å². The van der Waals surface area contributed by atoms with Crippen molar-refractivity contribution in [3.63, 3.8) is 0 Å². The molecule has 0 atom stereocenters. The van der Waals surface area contributed by atoms with Gasteiger partial charge in [-0.1, -0.05) is 6.07 Å². The van der Waals surface area contributed by atoms with Crippen LogP contribution in [0.1, 0.15) is 15.9 Å². The molecule has 2 N–H and O–H groups in total. The second-order valence-electron chi connectivity index (χ2n) is 6.19. The molecule has 30 heavy (non-hydrogen) atoms. The average molecular weight is 424 g/mol. The van der Waals surface area contributed by atoms with Crippen LogP contribution in [-0.2, 0) is 10.1 Å². The molecule has 0 amide bonds. The van der Waals surface area contributed by atoms with Crippen molar-refractivity contribution in [2.45, 2.75) is 11.8 Å². The molecule has 0 radical (unpaired) electrons. The minimum Gasteiger partial charge on any atom is -0.478 e. The number of hydrogen-bond acceptors (Lipinski definition) is 7. The summed E-state index contributed by atoms with van der Waals surface area (Å²) in [4.78, 5) is 10.6. The number of rotatable bonds is 6. The van der Waals surface area contributed by atoms with Crippen LogP contribution < -0.4 is 0 Å². The van der Waals surface area contributed by atoms with Gasteiger partial charge in [0.2, 0.25) is 0 Å². The minimum absolute atomic E-state index is 0.168. The Hall–Kier alpha value is -3.76. The summed E-state index contributed by atoms with van der Waals surface area (Å²) in [5, 5.41) is 25.0. The molecular formula is C20H16N4O5S. The molecule has 3 aromatic carbocycles. The van der Waals surface area contributed by atoms with Gasteiger partial charge in [0.05, 0.1) is 33.2 Å². The van der Waals surface area contributed by atoms with Crippen LogP contribution in [-0.4, -0.2) is 24.0 Å². The van der Waals surface area contributed by atoms with Gasteiger partial charge >= 0.3 is 5.97 Å². The highest BCUT2D eigenvalue weighted by Gasteiger charge is 2.13. The van der Waals surface area contributed by atoms with E-state index in [1.807, 2.05) is 0 Å². The highest BCUT2D eigenvalue weighted by molar-refractivity contribution is 7.85. The molecule has 0 unspecified atom stereocenters. The van der Waals surface area contributed by atoms with Crippen LogP contribution in [0.5, 0.6) is 0 Å². The zero-order valence-corrected chi connectivity index (χ0v) is 16.5. The Morgan fingerprint density at radius 1 is 0.733 bits per heavy atom. The summed E-state index contributed by atoms with van der Waals surface area (Å²) in [5.74, 6) is -1.01. The number of azo groups is 2. The summed E-state index contributed by atoms with van der Waals surface area (Å²) in [6.07, 6.45) is 0. The number of carboxylic acid groups (broad SMARTS) is 1. The Morgan fingerprint density at radius 2 is 1.13 bits per heavy atom. The van der Waals surface area contributed by atoms with E-state index in [4.69, 9.17) is 5.11 Å². The number of aryl methyl sites for hydroxylation is 1. The van der Waals surface area contributed by atoms with Crippen LogP contribution in [0.15, 0.2) is 92.1 Å². The molecule has 0 spiro atoms. The normalized spacial score (nSPS) is 11.9. The van der Waals surface area contributed by atoms with Gasteiger partial charge in [0, 0.05) is 0 Å². The Balaban J connectivity index is 1.71.